The van der Waals surface area contributed by atoms with Crippen molar-refractivity contribution in [2.75, 3.05) is 31.5 Å². The Morgan fingerprint density at radius 1 is 0.882 bits per heavy atom. The number of benzene rings is 3. The Kier molecular flexibility index (Phi) is 7.21. The van der Waals surface area contributed by atoms with E-state index in [0.29, 0.717) is 24.3 Å². The molecule has 3 aromatic rings. The molecule has 0 aliphatic carbocycles. The number of Topliss-reactive ketones (excluding diaryl/α,β-unsaturated/α-hetero) is 1. The summed E-state index contributed by atoms with van der Waals surface area (Å²) in [6.07, 6.45) is 0. The van der Waals surface area contributed by atoms with Gasteiger partial charge in [0, 0.05) is 22.4 Å². The Balaban J connectivity index is 1.41. The highest BCUT2D eigenvalue weighted by atomic mass is 32.2. The summed E-state index contributed by atoms with van der Waals surface area (Å²) in [4.78, 5) is 25.6. The van der Waals surface area contributed by atoms with Crippen LogP contribution in [0.5, 0.6) is 0 Å². The summed E-state index contributed by atoms with van der Waals surface area (Å²) in [6, 6.07) is 22.9. The highest BCUT2D eigenvalue weighted by Gasteiger charge is 2.30. The van der Waals surface area contributed by atoms with Gasteiger partial charge in [-0.25, -0.2) is 8.42 Å². The van der Waals surface area contributed by atoms with Gasteiger partial charge in [-0.05, 0) is 49.4 Å². The molecule has 4 rings (SSSR count). The topological polar surface area (TPSA) is 88.0 Å². The quantitative estimate of drug-likeness (QED) is 0.510. The van der Waals surface area contributed by atoms with Crippen molar-refractivity contribution in [2.24, 2.45) is 0 Å². The maximum atomic E-state index is 13.2. The number of hydrogen-bond acceptors (Lipinski definition) is 4. The predicted molar refractivity (Wildman–Crippen MR) is 130 cm³/mol. The molecule has 1 fully saturated rings. The number of nitrogens with one attached hydrogen (secondary N) is 2. The van der Waals surface area contributed by atoms with Gasteiger partial charge in [0.2, 0.25) is 10.0 Å². The van der Waals surface area contributed by atoms with Crippen molar-refractivity contribution in [1.29, 1.82) is 0 Å². The predicted octanol–water partition coefficient (Wildman–Crippen LogP) is 2.23. The lowest BCUT2D eigenvalue weighted by atomic mass is 10.1. The van der Waals surface area contributed by atoms with Gasteiger partial charge in [0.15, 0.2) is 5.78 Å². The van der Waals surface area contributed by atoms with E-state index < -0.39 is 15.9 Å². The summed E-state index contributed by atoms with van der Waals surface area (Å²) < 4.78 is 28.0. The summed E-state index contributed by atoms with van der Waals surface area (Å²) in [7, 11) is -3.70. The maximum Gasteiger partial charge on any atom is 0.255 e. The number of quaternary nitrogens is 1. The van der Waals surface area contributed by atoms with Gasteiger partial charge < -0.3 is 10.2 Å². The molecule has 7 nitrogen and oxygen atoms in total. The third kappa shape index (κ3) is 5.59. The molecule has 8 heteroatoms. The molecule has 1 saturated heterocycles. The number of ketones is 1. The lowest BCUT2D eigenvalue weighted by Gasteiger charge is -2.31. The Morgan fingerprint density at radius 3 is 2.21 bits per heavy atom. The minimum atomic E-state index is -3.70. The molecule has 1 aliphatic rings. The third-order valence-electron chi connectivity index (χ3n) is 6.01. The van der Waals surface area contributed by atoms with E-state index >= 15 is 0 Å². The van der Waals surface area contributed by atoms with E-state index in [1.54, 1.807) is 36.4 Å². The lowest BCUT2D eigenvalue weighted by Crippen LogP contribution is -3.13. The first-order valence-electron chi connectivity index (χ1n) is 11.2. The normalized spacial score (nSPS) is 15.1. The number of anilines is 1. The summed E-state index contributed by atoms with van der Waals surface area (Å²) in [5.41, 5.74) is 2.58. The smallest absolute Gasteiger partial charge is 0.255 e. The Labute approximate surface area is 200 Å². The van der Waals surface area contributed by atoms with Crippen molar-refractivity contribution in [1.82, 2.24) is 4.31 Å². The van der Waals surface area contributed by atoms with Crippen LogP contribution in [-0.4, -0.2) is 50.6 Å². The summed E-state index contributed by atoms with van der Waals surface area (Å²) >= 11 is 0. The van der Waals surface area contributed by atoms with Crippen molar-refractivity contribution in [3.05, 3.63) is 95.6 Å². The van der Waals surface area contributed by atoms with Gasteiger partial charge in [0.1, 0.15) is 6.54 Å². The van der Waals surface area contributed by atoms with Gasteiger partial charge in [-0.15, -0.1) is 0 Å². The van der Waals surface area contributed by atoms with Gasteiger partial charge in [0.25, 0.3) is 5.91 Å². The van der Waals surface area contributed by atoms with E-state index in [4.69, 9.17) is 0 Å². The fraction of sp³-hybridized carbons (Fsp3) is 0.231. The van der Waals surface area contributed by atoms with Crippen LogP contribution in [0.25, 0.3) is 0 Å². The minimum Gasteiger partial charge on any atom is -0.329 e. The van der Waals surface area contributed by atoms with Gasteiger partial charge >= 0.3 is 0 Å². The SMILES string of the molecule is CC(=O)c1ccc(NC(=O)c2cccc(S(=O)(=O)N3CC[NH+](Cc4ccccc4)CC3)c2)cc1. The molecule has 1 aliphatic heterocycles. The monoisotopic (exact) mass is 478 g/mol. The van der Waals surface area contributed by atoms with Gasteiger partial charge in [-0.2, -0.15) is 4.31 Å². The standard InChI is InChI=1S/C26H27N3O4S/c1-20(30)22-10-12-24(13-11-22)27-26(31)23-8-5-9-25(18-23)34(32,33)29-16-14-28(15-17-29)19-21-6-3-2-4-7-21/h2-13,18H,14-17,19H2,1H3,(H,27,31)/p+1. The second-order valence-electron chi connectivity index (χ2n) is 8.43. The van der Waals surface area contributed by atoms with Gasteiger partial charge in [-0.1, -0.05) is 36.4 Å². The number of hydrogen-bond donors (Lipinski definition) is 2. The van der Waals surface area contributed by atoms with Crippen LogP contribution in [0.2, 0.25) is 0 Å². The Bertz CT molecular complexity index is 1270. The molecule has 0 bridgehead atoms. The second-order valence-corrected chi connectivity index (χ2v) is 10.4. The highest BCUT2D eigenvalue weighted by Crippen LogP contribution is 2.19. The summed E-state index contributed by atoms with van der Waals surface area (Å²) in [6.45, 7) is 4.67. The molecule has 0 spiro atoms. The van der Waals surface area contributed by atoms with Gasteiger partial charge in [-0.3, -0.25) is 9.59 Å². The third-order valence-corrected chi connectivity index (χ3v) is 7.90. The van der Waals surface area contributed by atoms with Crippen LogP contribution in [0, 0.1) is 0 Å². The van der Waals surface area contributed by atoms with Crippen LogP contribution >= 0.6 is 0 Å². The van der Waals surface area contributed by atoms with E-state index in [0.717, 1.165) is 19.6 Å². The molecule has 0 aromatic heterocycles. The summed E-state index contributed by atoms with van der Waals surface area (Å²) in [5.74, 6) is -0.469. The molecule has 1 amide bonds. The van der Waals surface area contributed by atoms with Crippen LogP contribution < -0.4 is 10.2 Å². The molecule has 1 heterocycles. The van der Waals surface area contributed by atoms with E-state index in [9.17, 15) is 18.0 Å². The Hall–Kier alpha value is -3.33. The second kappa shape index (κ2) is 10.3. The van der Waals surface area contributed by atoms with Crippen molar-refractivity contribution in [3.63, 3.8) is 0 Å². The van der Waals surface area contributed by atoms with Crippen molar-refractivity contribution >= 4 is 27.4 Å². The van der Waals surface area contributed by atoms with E-state index in [2.05, 4.69) is 17.4 Å². The maximum absolute atomic E-state index is 13.2. The number of carbonyl (C=O) groups excluding carboxylic acids is 2. The molecular weight excluding hydrogens is 450 g/mol. The number of piperazine rings is 1. The number of rotatable bonds is 7. The zero-order valence-electron chi connectivity index (χ0n) is 19.0. The fourth-order valence-electron chi connectivity index (χ4n) is 4.04. The average Bonchev–Trinajstić information content (AvgIpc) is 2.85. The van der Waals surface area contributed by atoms with Crippen molar-refractivity contribution in [2.45, 2.75) is 18.4 Å². The van der Waals surface area contributed by atoms with E-state index in [-0.39, 0.29) is 16.2 Å². The largest absolute Gasteiger partial charge is 0.329 e. The van der Waals surface area contributed by atoms with E-state index in [1.165, 1.54) is 33.8 Å². The number of nitrogens with zero attached hydrogens (tertiary/aromatic N) is 1. The molecule has 0 radical (unpaired) electrons. The minimum absolute atomic E-state index is 0.0571. The first kappa shape index (κ1) is 23.8. The fourth-order valence-corrected chi connectivity index (χ4v) is 5.53. The average molecular weight is 479 g/mol. The molecule has 0 saturated carbocycles. The number of amides is 1. The number of sulfonamides is 1. The lowest BCUT2D eigenvalue weighted by molar-refractivity contribution is -0.917. The summed E-state index contributed by atoms with van der Waals surface area (Å²) in [5, 5.41) is 2.75. The van der Waals surface area contributed by atoms with Crippen molar-refractivity contribution in [3.8, 4) is 0 Å². The zero-order valence-corrected chi connectivity index (χ0v) is 19.8. The molecule has 176 valence electrons. The van der Waals surface area contributed by atoms with Crippen LogP contribution in [0.4, 0.5) is 5.69 Å². The molecule has 0 unspecified atom stereocenters. The number of carbonyl (C=O) groups is 2. The Morgan fingerprint density at radius 2 is 1.56 bits per heavy atom. The van der Waals surface area contributed by atoms with Crippen LogP contribution in [0.1, 0.15) is 33.2 Å². The first-order chi connectivity index (χ1) is 16.3. The molecular formula is C26H28N3O4S+. The molecule has 3 aromatic carbocycles. The van der Waals surface area contributed by atoms with E-state index in [1.807, 2.05) is 18.2 Å². The van der Waals surface area contributed by atoms with Crippen LogP contribution in [0.3, 0.4) is 0 Å². The first-order valence-corrected chi connectivity index (χ1v) is 12.7. The zero-order chi connectivity index (χ0) is 24.1. The molecule has 2 N–H and O–H groups in total. The highest BCUT2D eigenvalue weighted by molar-refractivity contribution is 7.89. The molecule has 0 atom stereocenters. The van der Waals surface area contributed by atoms with Crippen LogP contribution in [0.15, 0.2) is 83.8 Å². The van der Waals surface area contributed by atoms with Crippen molar-refractivity contribution < 1.29 is 22.9 Å². The van der Waals surface area contributed by atoms with Gasteiger partial charge in [0.05, 0.1) is 31.1 Å². The van der Waals surface area contributed by atoms with Crippen LogP contribution in [-0.2, 0) is 16.6 Å². The molecule has 34 heavy (non-hydrogen) atoms.